The zero-order chi connectivity index (χ0) is 84.1. The number of aromatic nitrogens is 3. The molecule has 0 N–H and O–H groups in total. The summed E-state index contributed by atoms with van der Waals surface area (Å²) in [6, 6.07) is 112. The predicted octanol–water partition coefficient (Wildman–Crippen LogP) is 30.0. The average Bonchev–Trinajstić information content (AvgIpc) is 1.00. The first kappa shape index (κ1) is 75.2. The molecular formula is C114H102BN5O2. The summed E-state index contributed by atoms with van der Waals surface area (Å²) in [5, 5.41) is 11.5. The largest absolute Gasteiger partial charge is 0.456 e. The summed E-state index contributed by atoms with van der Waals surface area (Å²) in [5.74, 6) is 0. The highest BCUT2D eigenvalue weighted by atomic mass is 16.3. The van der Waals surface area contributed by atoms with Crippen molar-refractivity contribution in [3.05, 3.63) is 325 Å². The molecule has 0 fully saturated rings. The van der Waals surface area contributed by atoms with Gasteiger partial charge in [0.05, 0.1) is 60.9 Å². The smallest absolute Gasteiger partial charge is 0.252 e. The van der Waals surface area contributed by atoms with Gasteiger partial charge in [0, 0.05) is 88.3 Å². The number of rotatable bonds is 7. The van der Waals surface area contributed by atoms with Crippen LogP contribution >= 0.6 is 0 Å². The summed E-state index contributed by atoms with van der Waals surface area (Å²) >= 11 is 0. The second-order valence-corrected chi connectivity index (χ2v) is 41.0. The van der Waals surface area contributed by atoms with Crippen LogP contribution in [0, 0.1) is 0 Å². The molecule has 0 aliphatic carbocycles. The van der Waals surface area contributed by atoms with E-state index in [-0.39, 0.29) is 39.2 Å². The van der Waals surface area contributed by atoms with Crippen molar-refractivity contribution in [1.29, 1.82) is 0 Å². The monoisotopic (exact) mass is 1580 g/mol. The molecule has 122 heavy (non-hydrogen) atoms. The zero-order valence-corrected chi connectivity index (χ0v) is 73.3. The molecule has 15 aromatic carbocycles. The summed E-state index contributed by atoms with van der Waals surface area (Å²) in [6.45, 7) is 41.7. The first-order valence-electron chi connectivity index (χ1n) is 43.6. The molecule has 2 aliphatic rings. The Kier molecular flexibility index (Phi) is 16.2. The van der Waals surface area contributed by atoms with Crippen molar-refractivity contribution in [3.63, 3.8) is 0 Å². The van der Waals surface area contributed by atoms with Gasteiger partial charge in [-0.15, -0.1) is 0 Å². The van der Waals surface area contributed by atoms with Crippen LogP contribution in [0.4, 0.5) is 34.1 Å². The van der Waals surface area contributed by atoms with Crippen LogP contribution in [-0.4, -0.2) is 20.4 Å². The quantitative estimate of drug-likeness (QED) is 0.149. The third kappa shape index (κ3) is 11.5. The number of hydrogen-bond acceptors (Lipinski definition) is 4. The Bertz CT molecular complexity index is 7230. The molecule has 0 bridgehead atoms. The van der Waals surface area contributed by atoms with Gasteiger partial charge in [-0.3, -0.25) is 0 Å². The number of hydrogen-bond donors (Lipinski definition) is 0. The number of benzene rings is 15. The molecule has 8 heteroatoms. The standard InChI is InChI=1S/C114H102BN5O2/c1-109(2,3)69-37-49-90-82(57-69)83-58-70(110(4,5)6)38-50-91(83)116(90)75-43-47-88-96(63-75)119(107-78(67-29-21-19-22-30-67)45-55-102-104(107)80-33-25-27-35-100(80)121-102)98-65-77(118-94-53-41-73(113(13,14)15)61-86(94)87-62-74(114(16,17)18)42-54-95(87)118)66-99-106(98)115(88)89-48-44-76(117-92-51-39-71(111(7,8)9)59-84(92)85-60-72(112(10,11)12)40-52-93(85)117)64-97(89)120(99)108-79(68-31-23-20-24-32-68)46-56-103-105(108)81-34-26-28-36-101(81)122-103/h19-66H,1-18H3. The zero-order valence-electron chi connectivity index (χ0n) is 73.3. The molecule has 598 valence electrons. The summed E-state index contributed by atoms with van der Waals surface area (Å²) in [7, 11) is 0. The second-order valence-electron chi connectivity index (χ2n) is 41.0. The molecule has 0 amide bonds. The maximum Gasteiger partial charge on any atom is 0.252 e. The third-order valence-electron chi connectivity index (χ3n) is 26.9. The lowest BCUT2D eigenvalue weighted by Crippen LogP contribution is -2.61. The molecule has 2 aliphatic heterocycles. The number of anilines is 6. The topological polar surface area (TPSA) is 47.6 Å². The number of para-hydroxylation sites is 2. The SMILES string of the molecule is CC(C)(C)c1ccc2c(c1)c1cc(C(C)(C)C)ccc1n2-c1ccc2c(c1)N(c1c(-c3ccccc3)ccc3oc4ccccc4c13)c1cc(-n3c4ccc(C(C)(C)C)cc4c4cc(C(C)(C)C)ccc43)cc3c1B2c1ccc(-n2c4ccc(C(C)(C)C)cc4c4cc(C(C)(C)C)ccc42)cc1N3c1c(-c2ccccc2)ccc2oc3ccccc3c12. The second kappa shape index (κ2) is 26.2. The van der Waals surface area contributed by atoms with Crippen LogP contribution in [0.1, 0.15) is 158 Å². The van der Waals surface area contributed by atoms with Crippen LogP contribution < -0.4 is 26.2 Å². The van der Waals surface area contributed by atoms with E-state index in [9.17, 15) is 0 Å². The highest BCUT2D eigenvalue weighted by Gasteiger charge is 2.47. The molecule has 0 saturated heterocycles. The van der Waals surface area contributed by atoms with E-state index in [0.29, 0.717) is 0 Å². The lowest BCUT2D eigenvalue weighted by Gasteiger charge is -2.45. The fraction of sp³-hybridized carbons (Fsp3) is 0.211. The van der Waals surface area contributed by atoms with E-state index in [4.69, 9.17) is 8.83 Å². The van der Waals surface area contributed by atoms with Crippen LogP contribution in [0.3, 0.4) is 0 Å². The Morgan fingerprint density at radius 2 is 0.508 bits per heavy atom. The molecule has 5 aromatic heterocycles. The minimum absolute atomic E-state index is 0.0926. The van der Waals surface area contributed by atoms with Crippen molar-refractivity contribution in [2.24, 2.45) is 0 Å². The van der Waals surface area contributed by atoms with E-state index in [1.54, 1.807) is 0 Å². The van der Waals surface area contributed by atoms with Crippen molar-refractivity contribution in [2.75, 3.05) is 9.80 Å². The molecule has 0 atom stereocenters. The minimum atomic E-state index is -0.360. The summed E-state index contributed by atoms with van der Waals surface area (Å²) in [6.07, 6.45) is 0. The molecule has 0 spiro atoms. The normalized spacial score (nSPS) is 13.6. The predicted molar refractivity (Wildman–Crippen MR) is 521 cm³/mol. The average molecular weight is 1580 g/mol. The molecule has 7 heterocycles. The van der Waals surface area contributed by atoms with Crippen LogP contribution in [-0.2, 0) is 32.5 Å². The van der Waals surface area contributed by atoms with E-state index in [1.165, 1.54) is 82.1 Å². The van der Waals surface area contributed by atoms with E-state index >= 15 is 0 Å². The van der Waals surface area contributed by atoms with Gasteiger partial charge in [-0.05, 0) is 239 Å². The maximum absolute atomic E-state index is 7.25. The van der Waals surface area contributed by atoms with Crippen LogP contribution in [0.2, 0.25) is 0 Å². The highest BCUT2D eigenvalue weighted by molar-refractivity contribution is 7.00. The van der Waals surface area contributed by atoms with Crippen molar-refractivity contribution in [2.45, 2.75) is 157 Å². The van der Waals surface area contributed by atoms with Gasteiger partial charge in [-0.1, -0.05) is 270 Å². The van der Waals surface area contributed by atoms with Crippen LogP contribution in [0.25, 0.3) is 149 Å². The number of nitrogens with zero attached hydrogens (tertiary/aromatic N) is 5. The highest BCUT2D eigenvalue weighted by Crippen LogP contribution is 2.56. The summed E-state index contributed by atoms with van der Waals surface area (Å²) in [5.41, 5.74) is 34.6. The Morgan fingerprint density at radius 3 is 0.811 bits per heavy atom. The summed E-state index contributed by atoms with van der Waals surface area (Å²) in [4.78, 5) is 5.41. The van der Waals surface area contributed by atoms with E-state index < -0.39 is 0 Å². The van der Waals surface area contributed by atoms with Gasteiger partial charge >= 0.3 is 0 Å². The lowest BCUT2D eigenvalue weighted by molar-refractivity contribution is 0.590. The maximum atomic E-state index is 7.25. The fourth-order valence-corrected chi connectivity index (χ4v) is 20.3. The van der Waals surface area contributed by atoms with Crippen LogP contribution in [0.5, 0.6) is 0 Å². The van der Waals surface area contributed by atoms with Gasteiger partial charge in [0.15, 0.2) is 0 Å². The van der Waals surface area contributed by atoms with Crippen molar-refractivity contribution >= 4 is 167 Å². The van der Waals surface area contributed by atoms with E-state index in [1.807, 2.05) is 0 Å². The molecule has 7 nitrogen and oxygen atoms in total. The minimum Gasteiger partial charge on any atom is -0.456 e. The molecule has 0 radical (unpaired) electrons. The number of fused-ring (bicyclic) bond motifs is 19. The van der Waals surface area contributed by atoms with Crippen molar-refractivity contribution in [3.8, 4) is 39.3 Å². The molecule has 20 aromatic rings. The van der Waals surface area contributed by atoms with Gasteiger partial charge in [0.2, 0.25) is 0 Å². The van der Waals surface area contributed by atoms with E-state index in [2.05, 4.69) is 439 Å². The van der Waals surface area contributed by atoms with Gasteiger partial charge in [0.1, 0.15) is 22.3 Å². The molecule has 0 unspecified atom stereocenters. The van der Waals surface area contributed by atoms with Gasteiger partial charge in [-0.25, -0.2) is 0 Å². The molecule has 0 saturated carbocycles. The van der Waals surface area contributed by atoms with Gasteiger partial charge < -0.3 is 32.3 Å². The van der Waals surface area contributed by atoms with Crippen LogP contribution in [0.15, 0.2) is 300 Å². The van der Waals surface area contributed by atoms with E-state index in [0.717, 1.165) is 150 Å². The first-order valence-corrected chi connectivity index (χ1v) is 43.6. The molecule has 22 rings (SSSR count). The van der Waals surface area contributed by atoms with Gasteiger partial charge in [-0.2, -0.15) is 0 Å². The molecular weight excluding hydrogens is 1480 g/mol. The summed E-state index contributed by atoms with van der Waals surface area (Å²) < 4.78 is 22.2. The number of furan rings is 2. The Labute approximate surface area is 715 Å². The van der Waals surface area contributed by atoms with Crippen molar-refractivity contribution in [1.82, 2.24) is 13.7 Å². The van der Waals surface area contributed by atoms with Crippen molar-refractivity contribution < 1.29 is 8.83 Å². The Morgan fingerprint density at radius 1 is 0.230 bits per heavy atom. The van der Waals surface area contributed by atoms with Gasteiger partial charge in [0.25, 0.3) is 6.71 Å². The Hall–Kier alpha value is -13.0. The lowest BCUT2D eigenvalue weighted by atomic mass is 9.33. The first-order chi connectivity index (χ1) is 58.3. The Balaban J connectivity index is 0.951. The third-order valence-corrected chi connectivity index (χ3v) is 26.9. The fourth-order valence-electron chi connectivity index (χ4n) is 20.3.